The topological polar surface area (TPSA) is 67.8 Å². The summed E-state index contributed by atoms with van der Waals surface area (Å²) >= 11 is 0. The van der Waals surface area contributed by atoms with E-state index in [2.05, 4.69) is 14.9 Å². The molecule has 0 aliphatic carbocycles. The van der Waals surface area contributed by atoms with Crippen molar-refractivity contribution >= 4 is 11.9 Å². The molecule has 2 aliphatic heterocycles. The smallest absolute Gasteiger partial charge is 0.248 e. The predicted molar refractivity (Wildman–Crippen MR) is 71.4 cm³/mol. The van der Waals surface area contributed by atoms with E-state index in [9.17, 15) is 4.79 Å². The molecule has 7 nitrogen and oxygen atoms in total. The number of rotatable bonds is 3. The van der Waals surface area contributed by atoms with Crippen molar-refractivity contribution in [2.24, 2.45) is 0 Å². The zero-order valence-corrected chi connectivity index (χ0v) is 11.4. The molecular formula is C13H18N4O3. The number of fused-ring (bicyclic) bond motifs is 1. The number of hydrogen-bond donors (Lipinski definition) is 0. The molecule has 0 N–H and O–H groups in total. The normalized spacial score (nSPS) is 25.6. The first-order chi connectivity index (χ1) is 9.79. The number of amides is 1. The van der Waals surface area contributed by atoms with Crippen LogP contribution in [0.4, 0.5) is 5.95 Å². The maximum Gasteiger partial charge on any atom is 0.248 e. The molecule has 2 fully saturated rings. The largest absolute Gasteiger partial charge is 0.375 e. The second-order valence-electron chi connectivity index (χ2n) is 4.95. The standard InChI is InChI=1S/C13H18N4O3/c1-19-9-12(18)16-7-10-11(8-16)20-6-5-17(10)13-14-3-2-4-15-13/h2-4,10-11H,5-9H2,1H3/t10-,11-/m0/s1. The minimum Gasteiger partial charge on any atom is -0.375 e. The Balaban J connectivity index is 1.74. The SMILES string of the molecule is COCC(=O)N1C[C@@H]2OCCN(c3ncccn3)[C@H]2C1. The lowest BCUT2D eigenvalue weighted by atomic mass is 10.1. The third-order valence-corrected chi connectivity index (χ3v) is 3.73. The first-order valence-corrected chi connectivity index (χ1v) is 6.71. The van der Waals surface area contributed by atoms with Gasteiger partial charge in [-0.2, -0.15) is 0 Å². The molecule has 3 heterocycles. The highest BCUT2D eigenvalue weighted by atomic mass is 16.5. The maximum atomic E-state index is 11.9. The van der Waals surface area contributed by atoms with E-state index in [0.717, 1.165) is 6.54 Å². The number of morpholine rings is 1. The summed E-state index contributed by atoms with van der Waals surface area (Å²) in [4.78, 5) is 24.5. The summed E-state index contributed by atoms with van der Waals surface area (Å²) in [5.74, 6) is 0.700. The van der Waals surface area contributed by atoms with Crippen LogP contribution in [0.15, 0.2) is 18.5 Å². The van der Waals surface area contributed by atoms with Gasteiger partial charge in [-0.05, 0) is 6.07 Å². The number of aromatic nitrogens is 2. The Morgan fingerprint density at radius 2 is 2.25 bits per heavy atom. The van der Waals surface area contributed by atoms with Crippen LogP contribution in [0.2, 0.25) is 0 Å². The number of likely N-dealkylation sites (tertiary alicyclic amines) is 1. The van der Waals surface area contributed by atoms with Crippen LogP contribution in [0.3, 0.4) is 0 Å². The van der Waals surface area contributed by atoms with E-state index >= 15 is 0 Å². The minimum atomic E-state index is -0.000528. The van der Waals surface area contributed by atoms with Crippen LogP contribution < -0.4 is 4.90 Å². The molecule has 0 saturated carbocycles. The first kappa shape index (κ1) is 13.3. The molecule has 2 atom stereocenters. The van der Waals surface area contributed by atoms with Crippen molar-refractivity contribution in [3.8, 4) is 0 Å². The summed E-state index contributed by atoms with van der Waals surface area (Å²) in [6.45, 7) is 2.73. The van der Waals surface area contributed by atoms with Gasteiger partial charge < -0.3 is 19.3 Å². The summed E-state index contributed by atoms with van der Waals surface area (Å²) in [7, 11) is 1.53. The quantitative estimate of drug-likeness (QED) is 0.745. The molecule has 108 valence electrons. The van der Waals surface area contributed by atoms with Crippen molar-refractivity contribution in [1.82, 2.24) is 14.9 Å². The van der Waals surface area contributed by atoms with Gasteiger partial charge in [-0.15, -0.1) is 0 Å². The van der Waals surface area contributed by atoms with Gasteiger partial charge in [-0.1, -0.05) is 0 Å². The fraction of sp³-hybridized carbons (Fsp3) is 0.615. The summed E-state index contributed by atoms with van der Waals surface area (Å²) in [6.07, 6.45) is 3.49. The maximum absolute atomic E-state index is 11.9. The molecule has 1 aromatic heterocycles. The van der Waals surface area contributed by atoms with Gasteiger partial charge in [0.1, 0.15) is 6.61 Å². The summed E-state index contributed by atoms with van der Waals surface area (Å²) in [5.41, 5.74) is 0. The number of carbonyl (C=O) groups is 1. The summed E-state index contributed by atoms with van der Waals surface area (Å²) in [6, 6.07) is 1.91. The Hall–Kier alpha value is -1.73. The number of nitrogens with zero attached hydrogens (tertiary/aromatic N) is 4. The van der Waals surface area contributed by atoms with Gasteiger partial charge in [-0.25, -0.2) is 9.97 Å². The molecule has 2 aliphatic rings. The molecule has 0 bridgehead atoms. The van der Waals surface area contributed by atoms with E-state index < -0.39 is 0 Å². The molecule has 0 radical (unpaired) electrons. The van der Waals surface area contributed by atoms with Crippen molar-refractivity contribution in [2.75, 3.05) is 44.9 Å². The Kier molecular flexibility index (Phi) is 3.79. The second kappa shape index (κ2) is 5.72. The van der Waals surface area contributed by atoms with Gasteiger partial charge in [0.15, 0.2) is 0 Å². The number of methoxy groups -OCH3 is 1. The number of ether oxygens (including phenoxy) is 2. The van der Waals surface area contributed by atoms with Crippen molar-refractivity contribution in [3.63, 3.8) is 0 Å². The van der Waals surface area contributed by atoms with Crippen LogP contribution in [0.25, 0.3) is 0 Å². The molecule has 1 aromatic rings. The van der Waals surface area contributed by atoms with E-state index in [0.29, 0.717) is 25.6 Å². The van der Waals surface area contributed by atoms with E-state index in [1.807, 2.05) is 0 Å². The fourth-order valence-corrected chi connectivity index (χ4v) is 2.79. The van der Waals surface area contributed by atoms with Crippen LogP contribution >= 0.6 is 0 Å². The first-order valence-electron chi connectivity index (χ1n) is 6.71. The van der Waals surface area contributed by atoms with Gasteiger partial charge in [0.2, 0.25) is 11.9 Å². The average molecular weight is 278 g/mol. The van der Waals surface area contributed by atoms with Gasteiger partial charge in [-0.3, -0.25) is 4.79 Å². The van der Waals surface area contributed by atoms with E-state index in [1.54, 1.807) is 23.4 Å². The third kappa shape index (κ3) is 2.46. The van der Waals surface area contributed by atoms with Gasteiger partial charge in [0, 0.05) is 39.1 Å². The Morgan fingerprint density at radius 1 is 1.45 bits per heavy atom. The molecule has 0 spiro atoms. The average Bonchev–Trinajstić information content (AvgIpc) is 2.92. The van der Waals surface area contributed by atoms with E-state index in [1.165, 1.54) is 7.11 Å². The molecule has 0 unspecified atom stereocenters. The molecule has 20 heavy (non-hydrogen) atoms. The van der Waals surface area contributed by atoms with Gasteiger partial charge in [0.05, 0.1) is 18.8 Å². The number of anilines is 1. The Bertz CT molecular complexity index is 470. The zero-order chi connectivity index (χ0) is 13.9. The van der Waals surface area contributed by atoms with Crippen molar-refractivity contribution in [2.45, 2.75) is 12.1 Å². The highest BCUT2D eigenvalue weighted by Crippen LogP contribution is 2.25. The summed E-state index contributed by atoms with van der Waals surface area (Å²) in [5, 5.41) is 0. The molecule has 3 rings (SSSR count). The van der Waals surface area contributed by atoms with E-state index in [4.69, 9.17) is 9.47 Å². The molecule has 1 amide bonds. The number of hydrogen-bond acceptors (Lipinski definition) is 6. The molecule has 7 heteroatoms. The number of carbonyl (C=O) groups excluding carboxylic acids is 1. The Morgan fingerprint density at radius 3 is 3.00 bits per heavy atom. The van der Waals surface area contributed by atoms with Crippen LogP contribution in [0.5, 0.6) is 0 Å². The van der Waals surface area contributed by atoms with Crippen molar-refractivity contribution in [3.05, 3.63) is 18.5 Å². The predicted octanol–water partition coefficient (Wildman–Crippen LogP) is -0.461. The van der Waals surface area contributed by atoms with Gasteiger partial charge in [0.25, 0.3) is 0 Å². The lowest BCUT2D eigenvalue weighted by Crippen LogP contribution is -2.51. The van der Waals surface area contributed by atoms with Gasteiger partial charge >= 0.3 is 0 Å². The minimum absolute atomic E-state index is 0.000528. The zero-order valence-electron chi connectivity index (χ0n) is 11.4. The van der Waals surface area contributed by atoms with Crippen LogP contribution in [-0.4, -0.2) is 72.9 Å². The molecule has 0 aromatic carbocycles. The highest BCUT2D eigenvalue weighted by molar-refractivity contribution is 5.78. The van der Waals surface area contributed by atoms with Crippen LogP contribution in [0, 0.1) is 0 Å². The highest BCUT2D eigenvalue weighted by Gasteiger charge is 2.42. The second-order valence-corrected chi connectivity index (χ2v) is 4.95. The van der Waals surface area contributed by atoms with Crippen molar-refractivity contribution in [1.29, 1.82) is 0 Å². The molecular weight excluding hydrogens is 260 g/mol. The van der Waals surface area contributed by atoms with Crippen LogP contribution in [0.1, 0.15) is 0 Å². The molecule has 2 saturated heterocycles. The third-order valence-electron chi connectivity index (χ3n) is 3.73. The fourth-order valence-electron chi connectivity index (χ4n) is 2.79. The van der Waals surface area contributed by atoms with Crippen LogP contribution in [-0.2, 0) is 14.3 Å². The lowest BCUT2D eigenvalue weighted by molar-refractivity contribution is -0.134. The van der Waals surface area contributed by atoms with Crippen molar-refractivity contribution < 1.29 is 14.3 Å². The lowest BCUT2D eigenvalue weighted by Gasteiger charge is -2.36. The summed E-state index contributed by atoms with van der Waals surface area (Å²) < 4.78 is 10.7. The Labute approximate surface area is 117 Å². The van der Waals surface area contributed by atoms with E-state index in [-0.39, 0.29) is 24.7 Å². The monoisotopic (exact) mass is 278 g/mol.